The van der Waals surface area contributed by atoms with Crippen LogP contribution in [0.3, 0.4) is 0 Å². The SMILES string of the molecule is C=Cc1c(I)c(OC(=O)OC(C)(C)C)c(I)c(OC(=O)OC(C)(C)C)c1I. The molecule has 6 nitrogen and oxygen atoms in total. The van der Waals surface area contributed by atoms with Gasteiger partial charge in [0.25, 0.3) is 0 Å². The Morgan fingerprint density at radius 1 is 0.778 bits per heavy atom. The molecule has 1 aromatic rings. The molecule has 9 heteroatoms. The van der Waals surface area contributed by atoms with Gasteiger partial charge in [0.1, 0.15) is 14.8 Å². The molecule has 0 saturated carbocycles. The molecule has 27 heavy (non-hydrogen) atoms. The standard InChI is InChI=1S/C18H21I3O6/c1-8-9-10(19)13(24-15(22)26-17(2,3)4)12(21)14(11(9)20)25-16(23)27-18(5,6)7/h8H,1H2,2-7H3. The topological polar surface area (TPSA) is 71.1 Å². The summed E-state index contributed by atoms with van der Waals surface area (Å²) >= 11 is 6.06. The van der Waals surface area contributed by atoms with Crippen molar-refractivity contribution >= 4 is 86.2 Å². The second-order valence-corrected chi connectivity index (χ2v) is 10.6. The van der Waals surface area contributed by atoms with E-state index in [2.05, 4.69) is 6.58 Å². The lowest BCUT2D eigenvalue weighted by molar-refractivity contribution is 0.0199. The Bertz CT molecular complexity index is 703. The summed E-state index contributed by atoms with van der Waals surface area (Å²) in [7, 11) is 0. The third-order valence-corrected chi connectivity index (χ3v) is 5.75. The average Bonchev–Trinajstić information content (AvgIpc) is 2.45. The van der Waals surface area contributed by atoms with Crippen LogP contribution in [0.1, 0.15) is 47.1 Å². The monoisotopic (exact) mass is 714 g/mol. The molecule has 0 aliphatic rings. The number of hydrogen-bond donors (Lipinski definition) is 0. The van der Waals surface area contributed by atoms with E-state index in [-0.39, 0.29) is 11.5 Å². The Kier molecular flexibility index (Phi) is 8.66. The smallest absolute Gasteiger partial charge is 0.428 e. The van der Waals surface area contributed by atoms with Crippen LogP contribution in [0.25, 0.3) is 6.08 Å². The summed E-state index contributed by atoms with van der Waals surface area (Å²) in [5.41, 5.74) is -0.726. The van der Waals surface area contributed by atoms with Crippen molar-refractivity contribution in [2.24, 2.45) is 0 Å². The molecule has 1 rings (SSSR count). The van der Waals surface area contributed by atoms with E-state index >= 15 is 0 Å². The van der Waals surface area contributed by atoms with Gasteiger partial charge in [0.05, 0.1) is 7.14 Å². The van der Waals surface area contributed by atoms with Gasteiger partial charge in [0.15, 0.2) is 11.5 Å². The van der Waals surface area contributed by atoms with E-state index in [0.29, 0.717) is 16.3 Å². The molecule has 0 heterocycles. The Morgan fingerprint density at radius 3 is 1.37 bits per heavy atom. The second kappa shape index (κ2) is 9.46. The van der Waals surface area contributed by atoms with E-state index in [1.807, 2.05) is 67.8 Å². The normalized spacial score (nSPS) is 11.6. The summed E-state index contributed by atoms with van der Waals surface area (Å²) in [5.74, 6) is 0.471. The Hall–Kier alpha value is -0.310. The molecule has 150 valence electrons. The molecule has 0 aromatic heterocycles. The Balaban J connectivity index is 3.34. The summed E-state index contributed by atoms with van der Waals surface area (Å²) < 4.78 is 23.0. The fourth-order valence-corrected chi connectivity index (χ4v) is 5.75. The molecular weight excluding hydrogens is 693 g/mol. The highest BCUT2D eigenvalue weighted by Crippen LogP contribution is 2.42. The van der Waals surface area contributed by atoms with Gasteiger partial charge < -0.3 is 18.9 Å². The number of carbonyl (C=O) groups is 2. The zero-order valence-corrected chi connectivity index (χ0v) is 22.3. The molecule has 0 fully saturated rings. The van der Waals surface area contributed by atoms with Gasteiger partial charge in [-0.15, -0.1) is 0 Å². The number of benzene rings is 1. The van der Waals surface area contributed by atoms with E-state index in [4.69, 9.17) is 18.9 Å². The van der Waals surface area contributed by atoms with Crippen molar-refractivity contribution in [3.8, 4) is 11.5 Å². The van der Waals surface area contributed by atoms with Crippen LogP contribution in [0.2, 0.25) is 0 Å². The number of halogens is 3. The molecular formula is C18H21I3O6. The maximum absolute atomic E-state index is 12.1. The minimum Gasteiger partial charge on any atom is -0.428 e. The maximum atomic E-state index is 12.1. The first-order chi connectivity index (χ1) is 12.2. The van der Waals surface area contributed by atoms with E-state index < -0.39 is 23.5 Å². The number of ether oxygens (including phenoxy) is 4. The van der Waals surface area contributed by atoms with Crippen molar-refractivity contribution in [1.29, 1.82) is 0 Å². The van der Waals surface area contributed by atoms with Crippen LogP contribution in [-0.2, 0) is 9.47 Å². The van der Waals surface area contributed by atoms with Gasteiger partial charge in [-0.05, 0) is 109 Å². The van der Waals surface area contributed by atoms with Crippen LogP contribution < -0.4 is 9.47 Å². The number of rotatable bonds is 3. The number of hydrogen-bond acceptors (Lipinski definition) is 6. The zero-order chi connectivity index (χ0) is 21.2. The number of carbonyl (C=O) groups excluding carboxylic acids is 2. The lowest BCUT2D eigenvalue weighted by atomic mass is 10.2. The molecule has 0 N–H and O–H groups in total. The first kappa shape index (κ1) is 24.7. The van der Waals surface area contributed by atoms with Crippen molar-refractivity contribution in [1.82, 2.24) is 0 Å². The predicted octanol–water partition coefficient (Wildman–Crippen LogP) is 6.77. The minimum absolute atomic E-state index is 0.235. The Labute approximate surface area is 200 Å². The average molecular weight is 714 g/mol. The van der Waals surface area contributed by atoms with Gasteiger partial charge in [-0.1, -0.05) is 12.7 Å². The van der Waals surface area contributed by atoms with Crippen molar-refractivity contribution in [2.45, 2.75) is 52.7 Å². The molecule has 0 atom stereocenters. The van der Waals surface area contributed by atoms with E-state index in [9.17, 15) is 9.59 Å². The molecule has 0 aliphatic heterocycles. The van der Waals surface area contributed by atoms with Crippen molar-refractivity contribution in [2.75, 3.05) is 0 Å². The van der Waals surface area contributed by atoms with Crippen molar-refractivity contribution < 1.29 is 28.5 Å². The third kappa shape index (κ3) is 7.55. The molecule has 0 saturated heterocycles. The van der Waals surface area contributed by atoms with E-state index in [1.165, 1.54) is 0 Å². The fraction of sp³-hybridized carbons (Fsp3) is 0.444. The van der Waals surface area contributed by atoms with Crippen LogP contribution in [0, 0.1) is 10.7 Å². The quantitative estimate of drug-likeness (QED) is 0.196. The summed E-state index contributed by atoms with van der Waals surface area (Å²) in [6, 6.07) is 0. The van der Waals surface area contributed by atoms with Gasteiger partial charge >= 0.3 is 12.3 Å². The first-order valence-electron chi connectivity index (χ1n) is 7.81. The van der Waals surface area contributed by atoms with Gasteiger partial charge in [-0.25, -0.2) is 9.59 Å². The maximum Gasteiger partial charge on any atom is 0.514 e. The predicted molar refractivity (Wildman–Crippen MR) is 128 cm³/mol. The highest BCUT2D eigenvalue weighted by Gasteiger charge is 2.28. The second-order valence-electron chi connectivity index (χ2n) is 7.35. The summed E-state index contributed by atoms with van der Waals surface area (Å²) in [6.07, 6.45) is -0.0978. The fourth-order valence-electron chi connectivity index (χ4n) is 1.70. The van der Waals surface area contributed by atoms with Crippen LogP contribution in [-0.4, -0.2) is 23.5 Å². The molecule has 0 aliphatic carbocycles. The lowest BCUT2D eigenvalue weighted by Gasteiger charge is -2.22. The summed E-state index contributed by atoms with van der Waals surface area (Å²) in [4.78, 5) is 24.3. The lowest BCUT2D eigenvalue weighted by Crippen LogP contribution is -2.27. The zero-order valence-electron chi connectivity index (χ0n) is 15.9. The molecule has 0 spiro atoms. The molecule has 1 aromatic carbocycles. The van der Waals surface area contributed by atoms with E-state index in [0.717, 1.165) is 0 Å². The van der Waals surface area contributed by atoms with Crippen molar-refractivity contribution in [3.05, 3.63) is 22.9 Å². The van der Waals surface area contributed by atoms with Crippen LogP contribution in [0.15, 0.2) is 6.58 Å². The molecule has 0 radical (unpaired) electrons. The summed E-state index contributed by atoms with van der Waals surface area (Å²) in [5, 5.41) is 0. The van der Waals surface area contributed by atoms with E-state index in [1.54, 1.807) is 47.6 Å². The summed E-state index contributed by atoms with van der Waals surface area (Å²) in [6.45, 7) is 14.2. The van der Waals surface area contributed by atoms with Gasteiger partial charge in [-0.2, -0.15) is 0 Å². The molecule has 0 unspecified atom stereocenters. The Morgan fingerprint density at radius 2 is 1.11 bits per heavy atom. The van der Waals surface area contributed by atoms with Crippen LogP contribution in [0.5, 0.6) is 11.5 Å². The minimum atomic E-state index is -0.849. The van der Waals surface area contributed by atoms with Crippen molar-refractivity contribution in [3.63, 3.8) is 0 Å². The molecule has 0 amide bonds. The van der Waals surface area contributed by atoms with Crippen LogP contribution in [0.4, 0.5) is 9.59 Å². The largest absolute Gasteiger partial charge is 0.514 e. The van der Waals surface area contributed by atoms with Crippen LogP contribution >= 0.6 is 67.8 Å². The highest BCUT2D eigenvalue weighted by molar-refractivity contribution is 14.1. The third-order valence-electron chi connectivity index (χ3n) is 2.62. The van der Waals surface area contributed by atoms with Gasteiger partial charge in [0, 0.05) is 5.56 Å². The van der Waals surface area contributed by atoms with Gasteiger partial charge in [0.2, 0.25) is 0 Å². The first-order valence-corrected chi connectivity index (χ1v) is 11.0. The molecule has 0 bridgehead atoms. The van der Waals surface area contributed by atoms with Gasteiger partial charge in [-0.3, -0.25) is 0 Å². The highest BCUT2D eigenvalue weighted by atomic mass is 127.